The van der Waals surface area contributed by atoms with Crippen LogP contribution in [-0.4, -0.2) is 31.6 Å². The van der Waals surface area contributed by atoms with Gasteiger partial charge in [-0.2, -0.15) is 0 Å². The minimum atomic E-state index is -3.43. The second kappa shape index (κ2) is 9.68. The molecule has 0 saturated carbocycles. The molecule has 3 N–H and O–H groups in total. The minimum Gasteiger partial charge on any atom is -0.361 e. The standard InChI is InChI=1S/C25H24ClN3O3S/c1-2-33(31,32)29-18-9-7-8-17(14-18)25(30)28-16-21(19-10-3-5-12-23(19)26)22-15-27-24-13-6-4-11-20(22)24/h3-15,21,27,29H,2,16H2,1H3,(H,28,30). The van der Waals surface area contributed by atoms with Crippen molar-refractivity contribution in [1.29, 1.82) is 0 Å². The zero-order valence-electron chi connectivity index (χ0n) is 18.0. The van der Waals surface area contributed by atoms with E-state index in [1.54, 1.807) is 25.1 Å². The number of fused-ring (bicyclic) bond motifs is 1. The Morgan fingerprint density at radius 1 is 1.00 bits per heavy atom. The van der Waals surface area contributed by atoms with E-state index in [9.17, 15) is 13.2 Å². The van der Waals surface area contributed by atoms with Crippen LogP contribution in [0.3, 0.4) is 0 Å². The van der Waals surface area contributed by atoms with E-state index in [0.717, 1.165) is 22.0 Å². The minimum absolute atomic E-state index is 0.0481. The van der Waals surface area contributed by atoms with Crippen molar-refractivity contribution < 1.29 is 13.2 Å². The van der Waals surface area contributed by atoms with E-state index in [1.807, 2.05) is 54.7 Å². The number of hydrogen-bond donors (Lipinski definition) is 3. The van der Waals surface area contributed by atoms with Gasteiger partial charge in [-0.3, -0.25) is 9.52 Å². The van der Waals surface area contributed by atoms with E-state index in [-0.39, 0.29) is 17.6 Å². The van der Waals surface area contributed by atoms with Crippen LogP contribution >= 0.6 is 11.6 Å². The molecular formula is C25H24ClN3O3S. The lowest BCUT2D eigenvalue weighted by Gasteiger charge is -2.19. The van der Waals surface area contributed by atoms with Gasteiger partial charge < -0.3 is 10.3 Å². The maximum absolute atomic E-state index is 13.0. The lowest BCUT2D eigenvalue weighted by atomic mass is 9.90. The van der Waals surface area contributed by atoms with Gasteiger partial charge >= 0.3 is 0 Å². The number of aromatic amines is 1. The summed E-state index contributed by atoms with van der Waals surface area (Å²) in [5.74, 6) is -0.530. The van der Waals surface area contributed by atoms with Gasteiger partial charge in [-0.1, -0.05) is 54.1 Å². The first-order valence-corrected chi connectivity index (χ1v) is 12.6. The molecule has 3 aromatic carbocycles. The smallest absolute Gasteiger partial charge is 0.251 e. The van der Waals surface area contributed by atoms with Crippen molar-refractivity contribution in [3.63, 3.8) is 0 Å². The summed E-state index contributed by atoms with van der Waals surface area (Å²) in [6, 6.07) is 22.0. The molecule has 4 rings (SSSR count). The number of rotatable bonds is 8. The van der Waals surface area contributed by atoms with Crippen LogP contribution in [-0.2, 0) is 10.0 Å². The Balaban J connectivity index is 1.61. The molecule has 1 amide bonds. The zero-order chi connectivity index (χ0) is 23.4. The highest BCUT2D eigenvalue weighted by molar-refractivity contribution is 7.92. The maximum Gasteiger partial charge on any atom is 0.251 e. The van der Waals surface area contributed by atoms with Crippen LogP contribution < -0.4 is 10.0 Å². The highest BCUT2D eigenvalue weighted by Gasteiger charge is 2.21. The third-order valence-electron chi connectivity index (χ3n) is 5.52. The van der Waals surface area contributed by atoms with Gasteiger partial charge in [0.05, 0.1) is 5.75 Å². The van der Waals surface area contributed by atoms with Crippen LogP contribution in [0, 0.1) is 0 Å². The average molecular weight is 482 g/mol. The quantitative estimate of drug-likeness (QED) is 0.325. The third kappa shape index (κ3) is 5.21. The summed E-state index contributed by atoms with van der Waals surface area (Å²) in [4.78, 5) is 16.2. The third-order valence-corrected chi connectivity index (χ3v) is 7.17. The molecule has 8 heteroatoms. The van der Waals surface area contributed by atoms with Crippen molar-refractivity contribution in [2.45, 2.75) is 12.8 Å². The van der Waals surface area contributed by atoms with Gasteiger partial charge in [0.2, 0.25) is 10.0 Å². The molecule has 4 aromatic rings. The fraction of sp³-hybridized carbons (Fsp3) is 0.160. The van der Waals surface area contributed by atoms with Crippen molar-refractivity contribution in [3.05, 3.63) is 101 Å². The van der Waals surface area contributed by atoms with E-state index in [0.29, 0.717) is 22.8 Å². The van der Waals surface area contributed by atoms with Crippen LogP contribution in [0.1, 0.15) is 34.3 Å². The van der Waals surface area contributed by atoms with Crippen LogP contribution in [0.5, 0.6) is 0 Å². The van der Waals surface area contributed by atoms with Gasteiger partial charge in [-0.25, -0.2) is 8.42 Å². The number of para-hydroxylation sites is 1. The van der Waals surface area contributed by atoms with Gasteiger partial charge in [0.25, 0.3) is 5.91 Å². The topological polar surface area (TPSA) is 91.1 Å². The number of sulfonamides is 1. The lowest BCUT2D eigenvalue weighted by Crippen LogP contribution is -2.29. The molecule has 0 aliphatic carbocycles. The maximum atomic E-state index is 13.0. The molecule has 0 spiro atoms. The zero-order valence-corrected chi connectivity index (χ0v) is 19.6. The summed E-state index contributed by atoms with van der Waals surface area (Å²) in [6.45, 7) is 1.87. The predicted octanol–water partition coefficient (Wildman–Crippen LogP) is 5.14. The SMILES string of the molecule is CCS(=O)(=O)Nc1cccc(C(=O)NCC(c2ccccc2Cl)c2c[nH]c3ccccc23)c1. The number of carbonyl (C=O) groups is 1. The van der Waals surface area contributed by atoms with Gasteiger partial charge in [0, 0.05) is 45.8 Å². The molecule has 0 fully saturated rings. The highest BCUT2D eigenvalue weighted by atomic mass is 35.5. The Labute approximate surface area is 198 Å². The average Bonchev–Trinajstić information content (AvgIpc) is 3.24. The predicted molar refractivity (Wildman–Crippen MR) is 133 cm³/mol. The van der Waals surface area contributed by atoms with Crippen LogP contribution in [0.4, 0.5) is 5.69 Å². The fourth-order valence-electron chi connectivity index (χ4n) is 3.80. The second-order valence-corrected chi connectivity index (χ2v) is 10.1. The summed E-state index contributed by atoms with van der Waals surface area (Å²) in [7, 11) is -3.43. The molecule has 0 saturated heterocycles. The molecule has 1 unspecified atom stereocenters. The molecule has 1 heterocycles. The summed E-state index contributed by atoms with van der Waals surface area (Å²) in [5, 5.41) is 4.68. The number of benzene rings is 3. The van der Waals surface area contributed by atoms with Crippen molar-refractivity contribution in [2.75, 3.05) is 17.0 Å². The molecule has 0 aliphatic rings. The number of anilines is 1. The van der Waals surface area contributed by atoms with E-state index in [2.05, 4.69) is 15.0 Å². The number of carbonyl (C=O) groups excluding carboxylic acids is 1. The molecule has 0 radical (unpaired) electrons. The fourth-order valence-corrected chi connectivity index (χ4v) is 4.70. The van der Waals surface area contributed by atoms with E-state index in [1.165, 1.54) is 6.07 Å². The number of amides is 1. The van der Waals surface area contributed by atoms with Crippen LogP contribution in [0.15, 0.2) is 79.0 Å². The van der Waals surface area contributed by atoms with Crippen molar-refractivity contribution in [2.24, 2.45) is 0 Å². The summed E-state index contributed by atoms with van der Waals surface area (Å²) in [6.07, 6.45) is 1.95. The molecule has 33 heavy (non-hydrogen) atoms. The van der Waals surface area contributed by atoms with Crippen LogP contribution in [0.25, 0.3) is 10.9 Å². The second-order valence-electron chi connectivity index (χ2n) is 7.66. The van der Waals surface area contributed by atoms with Crippen molar-refractivity contribution in [3.8, 4) is 0 Å². The lowest BCUT2D eigenvalue weighted by molar-refractivity contribution is 0.0952. The van der Waals surface area contributed by atoms with Crippen molar-refractivity contribution in [1.82, 2.24) is 10.3 Å². The Hall–Kier alpha value is -3.29. The first-order chi connectivity index (χ1) is 15.9. The molecule has 0 bridgehead atoms. The number of halogens is 1. The van der Waals surface area contributed by atoms with Gasteiger partial charge in [0.15, 0.2) is 0 Å². The Morgan fingerprint density at radius 2 is 1.76 bits per heavy atom. The Bertz CT molecular complexity index is 1400. The summed E-state index contributed by atoms with van der Waals surface area (Å²) in [5.41, 5.74) is 3.66. The molecule has 0 aliphatic heterocycles. The number of H-pyrrole nitrogens is 1. The normalized spacial score (nSPS) is 12.4. The number of aromatic nitrogens is 1. The number of hydrogen-bond acceptors (Lipinski definition) is 3. The molecule has 1 aromatic heterocycles. The molecule has 6 nitrogen and oxygen atoms in total. The van der Waals surface area contributed by atoms with E-state index in [4.69, 9.17) is 11.6 Å². The monoisotopic (exact) mass is 481 g/mol. The van der Waals surface area contributed by atoms with Crippen molar-refractivity contribution >= 4 is 44.1 Å². The molecular weight excluding hydrogens is 458 g/mol. The van der Waals surface area contributed by atoms with Crippen LogP contribution in [0.2, 0.25) is 5.02 Å². The molecule has 1 atom stereocenters. The Kier molecular flexibility index (Phi) is 6.72. The highest BCUT2D eigenvalue weighted by Crippen LogP contribution is 2.34. The van der Waals surface area contributed by atoms with Gasteiger partial charge in [-0.15, -0.1) is 0 Å². The van der Waals surface area contributed by atoms with Gasteiger partial charge in [-0.05, 0) is 48.4 Å². The van der Waals surface area contributed by atoms with Gasteiger partial charge in [0.1, 0.15) is 0 Å². The Morgan fingerprint density at radius 3 is 2.55 bits per heavy atom. The molecule has 170 valence electrons. The largest absolute Gasteiger partial charge is 0.361 e. The van der Waals surface area contributed by atoms with E-state index < -0.39 is 10.0 Å². The summed E-state index contributed by atoms with van der Waals surface area (Å²) >= 11 is 6.53. The number of nitrogens with one attached hydrogen (secondary N) is 3. The van der Waals surface area contributed by atoms with E-state index >= 15 is 0 Å². The first-order valence-electron chi connectivity index (χ1n) is 10.6. The summed E-state index contributed by atoms with van der Waals surface area (Å²) < 4.78 is 26.2. The first kappa shape index (κ1) is 22.9.